The van der Waals surface area contributed by atoms with Crippen LogP contribution in [-0.4, -0.2) is 16.1 Å². The summed E-state index contributed by atoms with van der Waals surface area (Å²) >= 11 is 2.23. The van der Waals surface area contributed by atoms with Gasteiger partial charge in [0.05, 0.1) is 12.6 Å². The van der Waals surface area contributed by atoms with Gasteiger partial charge in [-0.25, -0.2) is 0 Å². The number of anilines is 1. The minimum Gasteiger partial charge on any atom is -0.311 e. The fourth-order valence-electron chi connectivity index (χ4n) is 1.35. The Morgan fingerprint density at radius 1 is 1.44 bits per heavy atom. The number of benzene rings is 1. The van der Waals surface area contributed by atoms with Gasteiger partial charge in [-0.3, -0.25) is 9.89 Å². The molecule has 0 unspecified atom stereocenters. The number of carbonyl (C=O) groups is 1. The molecule has 0 radical (unpaired) electrons. The number of aromatic amines is 1. The van der Waals surface area contributed by atoms with Crippen molar-refractivity contribution in [3.63, 3.8) is 0 Å². The third-order valence-electron chi connectivity index (χ3n) is 2.03. The Balaban J connectivity index is 1.97. The Morgan fingerprint density at radius 2 is 2.31 bits per heavy atom. The number of hydrogen-bond acceptors (Lipinski definition) is 2. The summed E-state index contributed by atoms with van der Waals surface area (Å²) in [5.41, 5.74) is 1.00. The van der Waals surface area contributed by atoms with Crippen molar-refractivity contribution >= 4 is 34.3 Å². The summed E-state index contributed by atoms with van der Waals surface area (Å²) in [6.45, 7) is 0. The molecule has 0 aliphatic heterocycles. The van der Waals surface area contributed by atoms with Crippen LogP contribution in [0, 0.1) is 3.57 Å². The average molecular weight is 327 g/mol. The number of carbonyl (C=O) groups excluding carboxylic acids is 1. The van der Waals surface area contributed by atoms with Crippen molar-refractivity contribution in [3.8, 4) is 0 Å². The molecule has 0 saturated heterocycles. The van der Waals surface area contributed by atoms with Crippen LogP contribution >= 0.6 is 22.6 Å². The number of H-pyrrole nitrogens is 1. The van der Waals surface area contributed by atoms with Crippen LogP contribution in [0.5, 0.6) is 0 Å². The summed E-state index contributed by atoms with van der Waals surface area (Å²) in [5.74, 6) is 0.571. The Kier molecular flexibility index (Phi) is 3.55. The van der Waals surface area contributed by atoms with Gasteiger partial charge in [-0.1, -0.05) is 12.1 Å². The van der Waals surface area contributed by atoms with Crippen LogP contribution in [0.3, 0.4) is 0 Å². The molecule has 0 spiro atoms. The van der Waals surface area contributed by atoms with Crippen molar-refractivity contribution in [3.05, 3.63) is 45.7 Å². The fourth-order valence-corrected chi connectivity index (χ4v) is 1.96. The molecular formula is C11H10IN3O. The molecule has 5 heteroatoms. The molecule has 2 N–H and O–H groups in total. The quantitative estimate of drug-likeness (QED) is 0.849. The zero-order valence-corrected chi connectivity index (χ0v) is 10.6. The smallest absolute Gasteiger partial charge is 0.229 e. The van der Waals surface area contributed by atoms with E-state index in [1.54, 1.807) is 12.3 Å². The lowest BCUT2D eigenvalue weighted by molar-refractivity contribution is -0.115. The number of amides is 1. The Hall–Kier alpha value is -1.37. The van der Waals surface area contributed by atoms with Crippen LogP contribution in [-0.2, 0) is 11.2 Å². The maximum absolute atomic E-state index is 11.6. The molecule has 1 heterocycles. The second kappa shape index (κ2) is 5.11. The summed E-state index contributed by atoms with van der Waals surface area (Å²) < 4.78 is 1.13. The first kappa shape index (κ1) is 11.1. The minimum atomic E-state index is -0.0498. The molecule has 0 aliphatic rings. The van der Waals surface area contributed by atoms with Gasteiger partial charge in [0.15, 0.2) is 0 Å². The molecule has 1 aromatic carbocycles. The zero-order valence-electron chi connectivity index (χ0n) is 8.40. The van der Waals surface area contributed by atoms with Gasteiger partial charge < -0.3 is 5.32 Å². The van der Waals surface area contributed by atoms with Gasteiger partial charge in [0.1, 0.15) is 5.82 Å². The molecule has 2 rings (SSSR count). The molecule has 0 bridgehead atoms. The highest BCUT2D eigenvalue weighted by atomic mass is 127. The van der Waals surface area contributed by atoms with Crippen LogP contribution in [0.1, 0.15) is 5.56 Å². The first-order valence-corrected chi connectivity index (χ1v) is 5.85. The van der Waals surface area contributed by atoms with Gasteiger partial charge in [0.2, 0.25) is 5.91 Å². The SMILES string of the molecule is O=C(Cc1cccc(I)c1)Nc1ccn[nH]1. The van der Waals surface area contributed by atoms with E-state index in [9.17, 15) is 4.79 Å². The van der Waals surface area contributed by atoms with Gasteiger partial charge in [-0.2, -0.15) is 5.10 Å². The number of nitrogens with zero attached hydrogens (tertiary/aromatic N) is 1. The maximum atomic E-state index is 11.6. The normalized spacial score (nSPS) is 10.1. The summed E-state index contributed by atoms with van der Waals surface area (Å²) in [6, 6.07) is 9.59. The van der Waals surface area contributed by atoms with E-state index in [1.807, 2.05) is 24.3 Å². The number of aromatic nitrogens is 2. The van der Waals surface area contributed by atoms with Crippen molar-refractivity contribution in [2.24, 2.45) is 0 Å². The highest BCUT2D eigenvalue weighted by molar-refractivity contribution is 14.1. The topological polar surface area (TPSA) is 57.8 Å². The standard InChI is InChI=1S/C11H10IN3O/c12-9-3-1-2-8(6-9)7-11(16)14-10-4-5-13-15-10/h1-6H,7H2,(H2,13,14,15,16). The van der Waals surface area contributed by atoms with Crippen molar-refractivity contribution < 1.29 is 4.79 Å². The van der Waals surface area contributed by atoms with Gasteiger partial charge in [0, 0.05) is 9.64 Å². The number of halogens is 1. The van der Waals surface area contributed by atoms with Gasteiger partial charge >= 0.3 is 0 Å². The van der Waals surface area contributed by atoms with Gasteiger partial charge in [0.25, 0.3) is 0 Å². The second-order valence-electron chi connectivity index (χ2n) is 3.33. The summed E-state index contributed by atoms with van der Waals surface area (Å²) in [5, 5.41) is 9.17. The van der Waals surface area contributed by atoms with E-state index in [0.717, 1.165) is 9.13 Å². The lowest BCUT2D eigenvalue weighted by Crippen LogP contribution is -2.14. The third-order valence-corrected chi connectivity index (χ3v) is 2.70. The van der Waals surface area contributed by atoms with Crippen molar-refractivity contribution in [1.29, 1.82) is 0 Å². The first-order valence-electron chi connectivity index (χ1n) is 4.78. The predicted octanol–water partition coefficient (Wildman–Crippen LogP) is 2.20. The minimum absolute atomic E-state index is 0.0498. The Morgan fingerprint density at radius 3 is 3.00 bits per heavy atom. The maximum Gasteiger partial charge on any atom is 0.229 e. The predicted molar refractivity (Wildman–Crippen MR) is 70.1 cm³/mol. The van der Waals surface area contributed by atoms with Crippen LogP contribution in [0.2, 0.25) is 0 Å². The molecule has 4 nitrogen and oxygen atoms in total. The van der Waals surface area contributed by atoms with E-state index >= 15 is 0 Å². The molecule has 82 valence electrons. The van der Waals surface area contributed by atoms with Crippen molar-refractivity contribution in [2.75, 3.05) is 5.32 Å². The zero-order chi connectivity index (χ0) is 11.4. The molecule has 0 saturated carbocycles. The molecule has 1 amide bonds. The van der Waals surface area contributed by atoms with Gasteiger partial charge in [-0.05, 0) is 40.3 Å². The second-order valence-corrected chi connectivity index (χ2v) is 4.57. The highest BCUT2D eigenvalue weighted by Gasteiger charge is 2.04. The van der Waals surface area contributed by atoms with E-state index in [0.29, 0.717) is 12.2 Å². The number of nitrogens with one attached hydrogen (secondary N) is 2. The monoisotopic (exact) mass is 327 g/mol. The summed E-state index contributed by atoms with van der Waals surface area (Å²) in [4.78, 5) is 11.6. The Bertz CT molecular complexity index is 482. The molecule has 2 aromatic rings. The highest BCUT2D eigenvalue weighted by Crippen LogP contribution is 2.09. The van der Waals surface area contributed by atoms with Crippen LogP contribution in [0.25, 0.3) is 0 Å². The molecule has 0 atom stereocenters. The lowest BCUT2D eigenvalue weighted by atomic mass is 10.1. The molecule has 0 fully saturated rings. The molecular weight excluding hydrogens is 317 g/mol. The largest absolute Gasteiger partial charge is 0.311 e. The van der Waals surface area contributed by atoms with Crippen LogP contribution in [0.15, 0.2) is 36.5 Å². The van der Waals surface area contributed by atoms with Crippen LogP contribution in [0.4, 0.5) is 5.82 Å². The third kappa shape index (κ3) is 3.06. The van der Waals surface area contributed by atoms with Crippen molar-refractivity contribution in [2.45, 2.75) is 6.42 Å². The summed E-state index contributed by atoms with van der Waals surface area (Å²) in [6.07, 6.45) is 1.97. The fraction of sp³-hybridized carbons (Fsp3) is 0.0909. The van der Waals surface area contributed by atoms with Crippen molar-refractivity contribution in [1.82, 2.24) is 10.2 Å². The van der Waals surface area contributed by atoms with E-state index in [-0.39, 0.29) is 5.91 Å². The van der Waals surface area contributed by atoms with Crippen LogP contribution < -0.4 is 5.32 Å². The van der Waals surface area contributed by atoms with E-state index < -0.39 is 0 Å². The summed E-state index contributed by atoms with van der Waals surface area (Å²) in [7, 11) is 0. The van der Waals surface area contributed by atoms with E-state index in [1.165, 1.54) is 0 Å². The Labute approximate surface area is 107 Å². The first-order chi connectivity index (χ1) is 7.74. The lowest BCUT2D eigenvalue weighted by Gasteiger charge is -2.02. The molecule has 0 aliphatic carbocycles. The van der Waals surface area contributed by atoms with Gasteiger partial charge in [-0.15, -0.1) is 0 Å². The number of rotatable bonds is 3. The van der Waals surface area contributed by atoms with E-state index in [2.05, 4.69) is 38.1 Å². The molecule has 1 aromatic heterocycles. The van der Waals surface area contributed by atoms with E-state index in [4.69, 9.17) is 0 Å². The number of hydrogen-bond donors (Lipinski definition) is 2. The molecule has 16 heavy (non-hydrogen) atoms. The average Bonchev–Trinajstić information content (AvgIpc) is 2.70.